The van der Waals surface area contributed by atoms with Crippen LogP contribution in [-0.2, 0) is 6.54 Å². The van der Waals surface area contributed by atoms with Gasteiger partial charge in [-0.2, -0.15) is 5.10 Å². The van der Waals surface area contributed by atoms with Gasteiger partial charge in [0.25, 0.3) is 11.1 Å². The molecule has 5 aliphatic carbocycles. The van der Waals surface area contributed by atoms with Gasteiger partial charge in [0.05, 0.1) is 16.7 Å². The van der Waals surface area contributed by atoms with Gasteiger partial charge in [-0.25, -0.2) is 0 Å². The van der Waals surface area contributed by atoms with Gasteiger partial charge in [0, 0.05) is 12.6 Å². The molecule has 0 aliphatic heterocycles. The molecule has 0 spiro atoms. The molecule has 4 bridgehead atoms. The van der Waals surface area contributed by atoms with Crippen molar-refractivity contribution in [2.75, 3.05) is 5.43 Å². The smallest absolute Gasteiger partial charge is 0.284 e. The molecule has 0 radical (unpaired) electrons. The van der Waals surface area contributed by atoms with E-state index in [0.717, 1.165) is 60.2 Å². The Hall–Kier alpha value is -3.15. The average molecular weight is 511 g/mol. The van der Waals surface area contributed by atoms with Crippen LogP contribution in [0.25, 0.3) is 11.0 Å². The summed E-state index contributed by atoms with van der Waals surface area (Å²) >= 11 is 0. The van der Waals surface area contributed by atoms with Gasteiger partial charge in [0.2, 0.25) is 5.36 Å². The lowest BCUT2D eigenvalue weighted by molar-refractivity contribution is -0.0617. The van der Waals surface area contributed by atoms with Crippen LogP contribution < -0.4 is 21.9 Å². The summed E-state index contributed by atoms with van der Waals surface area (Å²) in [5, 5.41) is 4.53. The number of hydrogen-bond acceptors (Lipinski definition) is 4. The minimum atomic E-state index is -0.272. The van der Waals surface area contributed by atoms with Gasteiger partial charge in [-0.3, -0.25) is 15.0 Å². The predicted molar refractivity (Wildman–Crippen MR) is 151 cm³/mol. The van der Waals surface area contributed by atoms with E-state index in [-0.39, 0.29) is 27.9 Å². The molecule has 6 nitrogen and oxygen atoms in total. The molecule has 1 aromatic heterocycles. The Balaban J connectivity index is 1.45. The second kappa shape index (κ2) is 9.55. The molecule has 6 heteroatoms. The van der Waals surface area contributed by atoms with Crippen LogP contribution in [0.3, 0.4) is 0 Å². The van der Waals surface area contributed by atoms with Crippen LogP contribution in [0.4, 0.5) is 5.69 Å². The molecular weight excluding hydrogens is 472 g/mol. The first-order valence-corrected chi connectivity index (χ1v) is 14.7. The first-order valence-electron chi connectivity index (χ1n) is 14.7. The molecule has 2 aromatic carbocycles. The van der Waals surface area contributed by atoms with E-state index in [4.69, 9.17) is 0 Å². The minimum absolute atomic E-state index is 0.000329. The van der Waals surface area contributed by atoms with Gasteiger partial charge in [-0.1, -0.05) is 49.6 Å². The molecule has 0 saturated heterocycles. The van der Waals surface area contributed by atoms with Crippen molar-refractivity contribution in [3.63, 3.8) is 0 Å². The largest absolute Gasteiger partial charge is 0.304 e. The highest BCUT2D eigenvalue weighted by Gasteiger charge is 2.51. The highest BCUT2D eigenvalue weighted by molar-refractivity contribution is 5.75. The number of para-hydroxylation sites is 3. The first kappa shape index (κ1) is 23.9. The van der Waals surface area contributed by atoms with Gasteiger partial charge in [0.1, 0.15) is 0 Å². The lowest BCUT2D eigenvalue weighted by Gasteiger charge is -2.57. The zero-order valence-electron chi connectivity index (χ0n) is 22.1. The zero-order chi connectivity index (χ0) is 25.7. The highest BCUT2D eigenvalue weighted by Crippen LogP contribution is 2.60. The maximum absolute atomic E-state index is 14.4. The van der Waals surface area contributed by atoms with Crippen molar-refractivity contribution in [1.29, 1.82) is 0 Å². The summed E-state index contributed by atoms with van der Waals surface area (Å²) < 4.78 is 3.85. The van der Waals surface area contributed by atoms with E-state index in [1.807, 2.05) is 63.7 Å². The van der Waals surface area contributed by atoms with Crippen molar-refractivity contribution in [3.05, 3.63) is 80.7 Å². The molecule has 5 fully saturated rings. The molecule has 0 amide bonds. The number of fused-ring (bicyclic) bond motifs is 1. The van der Waals surface area contributed by atoms with Crippen LogP contribution >= 0.6 is 0 Å². The minimum Gasteiger partial charge on any atom is -0.304 e. The van der Waals surface area contributed by atoms with Crippen LogP contribution in [0.5, 0.6) is 0 Å². The van der Waals surface area contributed by atoms with E-state index in [0.29, 0.717) is 6.54 Å². The average Bonchev–Trinajstić information content (AvgIpc) is 3.00. The summed E-state index contributed by atoms with van der Waals surface area (Å²) in [7, 11) is 0. The van der Waals surface area contributed by atoms with Gasteiger partial charge in [-0.05, 0) is 98.8 Å². The van der Waals surface area contributed by atoms with E-state index in [9.17, 15) is 9.59 Å². The second-order valence-corrected chi connectivity index (χ2v) is 12.7. The van der Waals surface area contributed by atoms with Crippen LogP contribution in [0.2, 0.25) is 0 Å². The van der Waals surface area contributed by atoms with Gasteiger partial charge in [0.15, 0.2) is 0 Å². The van der Waals surface area contributed by atoms with Crippen molar-refractivity contribution >= 4 is 16.7 Å². The molecule has 198 valence electrons. The van der Waals surface area contributed by atoms with Gasteiger partial charge < -0.3 is 9.13 Å². The Morgan fingerprint density at radius 2 is 1.37 bits per heavy atom. The van der Waals surface area contributed by atoms with Crippen molar-refractivity contribution in [2.45, 2.75) is 83.2 Å². The van der Waals surface area contributed by atoms with Crippen molar-refractivity contribution in [3.8, 4) is 0 Å². The molecule has 5 aliphatic rings. The Bertz CT molecular complexity index is 1500. The molecule has 0 unspecified atom stereocenters. The van der Waals surface area contributed by atoms with Crippen LogP contribution in [0, 0.1) is 23.2 Å². The van der Waals surface area contributed by atoms with Crippen molar-refractivity contribution in [2.24, 2.45) is 28.3 Å². The second-order valence-electron chi connectivity index (χ2n) is 12.7. The van der Waals surface area contributed by atoms with Crippen LogP contribution in [-0.4, -0.2) is 9.13 Å². The lowest BCUT2D eigenvalue weighted by atomic mass is 9.49. The lowest BCUT2D eigenvalue weighted by Crippen LogP contribution is -2.51. The third kappa shape index (κ3) is 4.22. The topological polar surface area (TPSA) is 68.4 Å². The van der Waals surface area contributed by atoms with Crippen LogP contribution in [0.15, 0.2) is 69.3 Å². The van der Waals surface area contributed by atoms with E-state index in [1.54, 1.807) is 0 Å². The normalized spacial score (nSPS) is 29.2. The fourth-order valence-electron chi connectivity index (χ4n) is 8.85. The fourth-order valence-corrected chi connectivity index (χ4v) is 8.85. The summed E-state index contributed by atoms with van der Waals surface area (Å²) in [4.78, 5) is 28.7. The number of benzene rings is 2. The predicted octanol–water partition coefficient (Wildman–Crippen LogP) is 5.81. The Labute approximate surface area is 223 Å². The number of hydrogen-bond donors (Lipinski definition) is 1. The molecule has 1 N–H and O–H groups in total. The number of anilines is 1. The van der Waals surface area contributed by atoms with Crippen LogP contribution in [0.1, 0.15) is 76.7 Å². The van der Waals surface area contributed by atoms with Gasteiger partial charge in [-0.15, -0.1) is 0 Å². The monoisotopic (exact) mass is 510 g/mol. The van der Waals surface area contributed by atoms with Gasteiger partial charge >= 0.3 is 0 Å². The SMILES string of the molecule is O=c1/c(=N/Nc2ccccc2)c(=O)n(C2CCCCC2)c2ccccc2n1CC12CC3CC(CC(C3)C1)C2. The highest BCUT2D eigenvalue weighted by atomic mass is 16.1. The number of aromatic nitrogens is 2. The van der Waals surface area contributed by atoms with E-state index < -0.39 is 0 Å². The third-order valence-electron chi connectivity index (χ3n) is 9.97. The molecule has 0 atom stereocenters. The Kier molecular flexibility index (Phi) is 6.01. The summed E-state index contributed by atoms with van der Waals surface area (Å²) in [6.07, 6.45) is 13.1. The first-order chi connectivity index (χ1) is 18.6. The van der Waals surface area contributed by atoms with E-state index in [1.165, 1.54) is 44.9 Å². The standard InChI is InChI=1S/C32H38N4O2/c37-30-29(34-33-25-9-3-1-4-10-25)31(38)36(26-11-5-2-6-12-26)28-14-8-7-13-27(28)35(30)21-32-18-22-15-23(19-32)17-24(16-22)20-32/h1,3-4,7-10,13-14,22-24,26,33H,2,5-6,11-12,15-21H2/b34-29-. The summed E-state index contributed by atoms with van der Waals surface area (Å²) in [6.45, 7) is 0.683. The quantitative estimate of drug-likeness (QED) is 0.440. The molecular formula is C32H38N4O2. The zero-order valence-corrected chi connectivity index (χ0v) is 22.1. The van der Waals surface area contributed by atoms with E-state index >= 15 is 0 Å². The molecule has 38 heavy (non-hydrogen) atoms. The number of nitrogens with one attached hydrogen (secondary N) is 1. The summed E-state index contributed by atoms with van der Waals surface area (Å²) in [5.41, 5.74) is 5.14. The molecule has 3 aromatic rings. The summed E-state index contributed by atoms with van der Waals surface area (Å²) in [6, 6.07) is 17.8. The maximum Gasteiger partial charge on any atom is 0.284 e. The van der Waals surface area contributed by atoms with Crippen molar-refractivity contribution in [1.82, 2.24) is 9.13 Å². The Morgan fingerprint density at radius 1 is 0.763 bits per heavy atom. The molecule has 8 rings (SSSR count). The van der Waals surface area contributed by atoms with Crippen molar-refractivity contribution < 1.29 is 0 Å². The maximum atomic E-state index is 14.4. The van der Waals surface area contributed by atoms with E-state index in [2.05, 4.69) is 10.5 Å². The number of rotatable bonds is 5. The molecule has 5 saturated carbocycles. The Morgan fingerprint density at radius 3 is 2.03 bits per heavy atom. The third-order valence-corrected chi connectivity index (χ3v) is 9.97. The number of nitrogens with zero attached hydrogens (tertiary/aromatic N) is 3. The molecule has 1 heterocycles. The fraction of sp³-hybridized carbons (Fsp3) is 0.531. The summed E-state index contributed by atoms with van der Waals surface area (Å²) in [5.74, 6) is 2.39.